The first-order chi connectivity index (χ1) is 6.79. The van der Waals surface area contributed by atoms with Crippen molar-refractivity contribution in [3.05, 3.63) is 23.8 Å². The molecule has 1 aromatic carbocycles. The third-order valence-corrected chi connectivity index (χ3v) is 3.54. The second-order valence-corrected chi connectivity index (χ2v) is 4.84. The Labute approximate surface area is 89.5 Å². The Morgan fingerprint density at radius 1 is 1.29 bits per heavy atom. The fraction of sp³-hybridized carbons (Fsp3) is 0.455. The van der Waals surface area contributed by atoms with E-state index in [1.165, 1.54) is 22.8 Å². The zero-order chi connectivity index (χ0) is 9.97. The fourth-order valence-electron chi connectivity index (χ4n) is 1.90. The van der Waals surface area contributed by atoms with Gasteiger partial charge in [0.05, 0.1) is 11.4 Å². The summed E-state index contributed by atoms with van der Waals surface area (Å²) in [7, 11) is 0. The van der Waals surface area contributed by atoms with Gasteiger partial charge in [-0.05, 0) is 18.6 Å². The van der Waals surface area contributed by atoms with E-state index >= 15 is 0 Å². The number of nitrogen functional groups attached to an aromatic ring is 1. The number of rotatable bonds is 1. The van der Waals surface area contributed by atoms with Gasteiger partial charge in [-0.3, -0.25) is 0 Å². The van der Waals surface area contributed by atoms with Crippen molar-refractivity contribution in [3.63, 3.8) is 0 Å². The van der Waals surface area contributed by atoms with E-state index in [9.17, 15) is 0 Å². The molecule has 14 heavy (non-hydrogen) atoms. The highest BCUT2D eigenvalue weighted by atomic mass is 32.2. The van der Waals surface area contributed by atoms with E-state index in [0.29, 0.717) is 0 Å². The molecular formula is C11H16N2S. The van der Waals surface area contributed by atoms with Crippen LogP contribution in [0.3, 0.4) is 0 Å². The average Bonchev–Trinajstić information content (AvgIpc) is 2.19. The summed E-state index contributed by atoms with van der Waals surface area (Å²) in [5.74, 6) is 2.43. The van der Waals surface area contributed by atoms with Crippen LogP contribution in [0.1, 0.15) is 5.56 Å². The van der Waals surface area contributed by atoms with Crippen molar-refractivity contribution in [2.45, 2.75) is 6.92 Å². The molecule has 0 aromatic heterocycles. The minimum atomic E-state index is 0.914. The van der Waals surface area contributed by atoms with Gasteiger partial charge in [-0.2, -0.15) is 11.8 Å². The second kappa shape index (κ2) is 4.13. The monoisotopic (exact) mass is 208 g/mol. The molecule has 0 saturated carbocycles. The summed E-state index contributed by atoms with van der Waals surface area (Å²) in [6, 6.07) is 6.14. The molecule has 0 bridgehead atoms. The van der Waals surface area contributed by atoms with E-state index in [1.807, 2.05) is 23.9 Å². The van der Waals surface area contributed by atoms with E-state index in [-0.39, 0.29) is 0 Å². The van der Waals surface area contributed by atoms with Crippen molar-refractivity contribution in [1.29, 1.82) is 0 Å². The number of para-hydroxylation sites is 1. The summed E-state index contributed by atoms with van der Waals surface area (Å²) >= 11 is 2.02. The molecule has 0 spiro atoms. The zero-order valence-electron chi connectivity index (χ0n) is 8.49. The molecule has 1 heterocycles. The van der Waals surface area contributed by atoms with Gasteiger partial charge >= 0.3 is 0 Å². The molecule has 76 valence electrons. The molecule has 2 nitrogen and oxygen atoms in total. The molecule has 1 saturated heterocycles. The Morgan fingerprint density at radius 2 is 2.00 bits per heavy atom. The van der Waals surface area contributed by atoms with E-state index in [4.69, 9.17) is 5.73 Å². The summed E-state index contributed by atoms with van der Waals surface area (Å²) < 4.78 is 0. The summed E-state index contributed by atoms with van der Waals surface area (Å²) in [5.41, 5.74) is 9.45. The lowest BCUT2D eigenvalue weighted by Gasteiger charge is -2.30. The van der Waals surface area contributed by atoms with Gasteiger partial charge in [0, 0.05) is 24.6 Å². The Hall–Kier alpha value is -0.830. The standard InChI is InChI=1S/C11H16N2S/c1-9-3-2-4-10(12)11(9)13-5-7-14-8-6-13/h2-4H,5-8,12H2,1H3. The predicted octanol–water partition coefficient (Wildman–Crippen LogP) is 2.13. The Morgan fingerprint density at radius 3 is 2.64 bits per heavy atom. The number of hydrogen-bond acceptors (Lipinski definition) is 3. The first-order valence-electron chi connectivity index (χ1n) is 4.97. The minimum absolute atomic E-state index is 0.914. The third-order valence-electron chi connectivity index (χ3n) is 2.60. The van der Waals surface area contributed by atoms with Crippen molar-refractivity contribution >= 4 is 23.1 Å². The lowest BCUT2D eigenvalue weighted by molar-refractivity contribution is 0.856. The fourth-order valence-corrected chi connectivity index (χ4v) is 2.80. The summed E-state index contributed by atoms with van der Waals surface area (Å²) in [4.78, 5) is 2.40. The number of anilines is 2. The predicted molar refractivity (Wildman–Crippen MR) is 65.1 cm³/mol. The quantitative estimate of drug-likeness (QED) is 0.717. The van der Waals surface area contributed by atoms with Crippen LogP contribution in [0.4, 0.5) is 11.4 Å². The highest BCUT2D eigenvalue weighted by Gasteiger charge is 2.14. The van der Waals surface area contributed by atoms with Gasteiger partial charge in [-0.1, -0.05) is 12.1 Å². The van der Waals surface area contributed by atoms with Crippen LogP contribution in [-0.2, 0) is 0 Å². The Kier molecular flexibility index (Phi) is 2.87. The molecular weight excluding hydrogens is 192 g/mol. The van der Waals surface area contributed by atoms with Crippen LogP contribution in [0, 0.1) is 6.92 Å². The number of aryl methyl sites for hydroxylation is 1. The number of benzene rings is 1. The molecule has 1 aliphatic rings. The van der Waals surface area contributed by atoms with Crippen LogP contribution in [0.2, 0.25) is 0 Å². The zero-order valence-corrected chi connectivity index (χ0v) is 9.31. The largest absolute Gasteiger partial charge is 0.397 e. The van der Waals surface area contributed by atoms with Crippen LogP contribution < -0.4 is 10.6 Å². The molecule has 1 aromatic rings. The number of hydrogen-bond donors (Lipinski definition) is 1. The van der Waals surface area contributed by atoms with Crippen molar-refractivity contribution < 1.29 is 0 Å². The molecule has 0 unspecified atom stereocenters. The van der Waals surface area contributed by atoms with Gasteiger partial charge in [0.15, 0.2) is 0 Å². The number of nitrogens with zero attached hydrogens (tertiary/aromatic N) is 1. The lowest BCUT2D eigenvalue weighted by Crippen LogP contribution is -2.33. The molecule has 1 aliphatic heterocycles. The second-order valence-electron chi connectivity index (χ2n) is 3.61. The number of thioether (sulfide) groups is 1. The highest BCUT2D eigenvalue weighted by molar-refractivity contribution is 7.99. The topological polar surface area (TPSA) is 29.3 Å². The number of nitrogens with two attached hydrogens (primary N) is 1. The van der Waals surface area contributed by atoms with Crippen molar-refractivity contribution in [3.8, 4) is 0 Å². The molecule has 0 aliphatic carbocycles. The molecule has 3 heteroatoms. The van der Waals surface area contributed by atoms with E-state index < -0.39 is 0 Å². The Bertz CT molecular complexity index is 299. The summed E-state index contributed by atoms with van der Waals surface area (Å²) in [6.07, 6.45) is 0. The molecule has 2 rings (SSSR count). The first-order valence-corrected chi connectivity index (χ1v) is 6.12. The SMILES string of the molecule is Cc1cccc(N)c1N1CCSCC1. The minimum Gasteiger partial charge on any atom is -0.397 e. The molecule has 0 radical (unpaired) electrons. The van der Waals surface area contributed by atoms with Gasteiger partial charge in [-0.25, -0.2) is 0 Å². The van der Waals surface area contributed by atoms with Crippen molar-refractivity contribution in [2.24, 2.45) is 0 Å². The smallest absolute Gasteiger partial charge is 0.0630 e. The van der Waals surface area contributed by atoms with Crippen molar-refractivity contribution in [2.75, 3.05) is 35.2 Å². The van der Waals surface area contributed by atoms with E-state index in [2.05, 4.69) is 17.9 Å². The average molecular weight is 208 g/mol. The summed E-state index contributed by atoms with van der Waals surface area (Å²) in [6.45, 7) is 4.38. The molecule has 0 atom stereocenters. The van der Waals surface area contributed by atoms with Gasteiger partial charge in [0.25, 0.3) is 0 Å². The molecule has 1 fully saturated rings. The maximum Gasteiger partial charge on any atom is 0.0630 e. The van der Waals surface area contributed by atoms with Crippen LogP contribution in [-0.4, -0.2) is 24.6 Å². The van der Waals surface area contributed by atoms with E-state index in [0.717, 1.165) is 18.8 Å². The van der Waals surface area contributed by atoms with Crippen molar-refractivity contribution in [1.82, 2.24) is 0 Å². The normalized spacial score (nSPS) is 17.1. The lowest BCUT2D eigenvalue weighted by atomic mass is 10.1. The maximum absolute atomic E-state index is 6.00. The maximum atomic E-state index is 6.00. The van der Waals surface area contributed by atoms with Gasteiger partial charge < -0.3 is 10.6 Å². The summed E-state index contributed by atoms with van der Waals surface area (Å²) in [5, 5.41) is 0. The highest BCUT2D eigenvalue weighted by Crippen LogP contribution is 2.29. The van der Waals surface area contributed by atoms with Crippen LogP contribution >= 0.6 is 11.8 Å². The third kappa shape index (κ3) is 1.82. The van der Waals surface area contributed by atoms with Gasteiger partial charge in [0.2, 0.25) is 0 Å². The molecule has 0 amide bonds. The van der Waals surface area contributed by atoms with Crippen LogP contribution in [0.25, 0.3) is 0 Å². The van der Waals surface area contributed by atoms with Crippen LogP contribution in [0.15, 0.2) is 18.2 Å². The molecule has 2 N–H and O–H groups in total. The van der Waals surface area contributed by atoms with Crippen LogP contribution in [0.5, 0.6) is 0 Å². The van der Waals surface area contributed by atoms with E-state index in [1.54, 1.807) is 0 Å². The Balaban J connectivity index is 2.29. The first kappa shape index (κ1) is 9.71. The van der Waals surface area contributed by atoms with Gasteiger partial charge in [0.1, 0.15) is 0 Å². The van der Waals surface area contributed by atoms with Gasteiger partial charge in [-0.15, -0.1) is 0 Å².